The summed E-state index contributed by atoms with van der Waals surface area (Å²) in [5, 5.41) is 23.9. The molecule has 0 rings (SSSR count). The molecule has 0 aromatic rings. The van der Waals surface area contributed by atoms with Gasteiger partial charge < -0.3 is 10.3 Å². The highest BCUT2D eigenvalue weighted by Gasteiger charge is 2.09. The van der Waals surface area contributed by atoms with Crippen molar-refractivity contribution in [3.8, 4) is 0 Å². The third kappa shape index (κ3) is 6.60. The van der Waals surface area contributed by atoms with Crippen LogP contribution in [0.25, 0.3) is 0 Å². The first-order valence-electron chi connectivity index (χ1n) is 5.09. The molecule has 0 aromatic heterocycles. The van der Waals surface area contributed by atoms with Crippen LogP contribution in [0.5, 0.6) is 0 Å². The van der Waals surface area contributed by atoms with E-state index in [-0.39, 0.29) is 6.04 Å². The topological polar surface area (TPSA) is 58.7 Å². The molecule has 0 aliphatic carbocycles. The number of hydroxylamine groups is 1. The van der Waals surface area contributed by atoms with Crippen LogP contribution in [-0.2, 0) is 0 Å². The van der Waals surface area contributed by atoms with Gasteiger partial charge in [-0.1, -0.05) is 18.2 Å². The highest BCUT2D eigenvalue weighted by Crippen LogP contribution is 1.99. The largest absolute Gasteiger partial charge is 0.595 e. The number of azo groups is 1. The van der Waals surface area contributed by atoms with Gasteiger partial charge in [0.15, 0.2) is 0 Å². The lowest BCUT2D eigenvalue weighted by Crippen LogP contribution is -2.18. The predicted octanol–water partition coefficient (Wildman–Crippen LogP) is 2.42. The molecule has 14 heavy (non-hydrogen) atoms. The molecule has 0 saturated heterocycles. The molecular weight excluding hydrogens is 180 g/mol. The second-order valence-electron chi connectivity index (χ2n) is 3.43. The van der Waals surface area contributed by atoms with Gasteiger partial charge in [0.1, 0.15) is 6.04 Å². The van der Waals surface area contributed by atoms with Crippen LogP contribution in [0.1, 0.15) is 40.0 Å². The second-order valence-corrected chi connectivity index (χ2v) is 3.43. The molecule has 4 heteroatoms. The molecule has 0 bridgehead atoms. The lowest BCUT2D eigenvalue weighted by Gasteiger charge is -2.05. The maximum atomic E-state index is 11.1. The van der Waals surface area contributed by atoms with Crippen molar-refractivity contribution in [1.82, 2.24) is 0 Å². The quantitative estimate of drug-likeness (QED) is 0.310. The highest BCUT2D eigenvalue weighted by molar-refractivity contribution is 4.71. The monoisotopic (exact) mass is 200 g/mol. The number of unbranched alkanes of at least 4 members (excludes halogenated alkanes) is 2. The number of nitrogens with zero attached hydrogens (tertiary/aromatic N) is 2. The molecule has 0 radical (unpaired) electrons. The lowest BCUT2D eigenvalue weighted by molar-refractivity contribution is -0.463. The van der Waals surface area contributed by atoms with Crippen LogP contribution in [-0.4, -0.2) is 22.1 Å². The van der Waals surface area contributed by atoms with Crippen LogP contribution < -0.4 is 0 Å². The molecule has 0 aliphatic heterocycles. The average Bonchev–Trinajstić information content (AvgIpc) is 2.12. The number of hydrogen-bond acceptors (Lipinski definition) is 3. The van der Waals surface area contributed by atoms with Gasteiger partial charge >= 0.3 is 0 Å². The minimum atomic E-state index is -0.588. The minimum Gasteiger partial charge on any atom is -0.595 e. The molecule has 4 nitrogen and oxygen atoms in total. The number of hydrogen-bond donors (Lipinski definition) is 1. The van der Waals surface area contributed by atoms with E-state index in [2.05, 4.69) is 12.0 Å². The van der Waals surface area contributed by atoms with E-state index >= 15 is 0 Å². The summed E-state index contributed by atoms with van der Waals surface area (Å²) in [6.07, 6.45) is 5.70. The Labute approximate surface area is 85.5 Å². The Balaban J connectivity index is 3.93. The summed E-state index contributed by atoms with van der Waals surface area (Å²) in [4.78, 5) is 0.521. The van der Waals surface area contributed by atoms with Crippen LogP contribution >= 0.6 is 0 Å². The van der Waals surface area contributed by atoms with Crippen LogP contribution in [0.2, 0.25) is 0 Å². The van der Waals surface area contributed by atoms with E-state index in [1.165, 1.54) is 6.20 Å². The third-order valence-corrected chi connectivity index (χ3v) is 1.95. The zero-order chi connectivity index (χ0) is 11.0. The van der Waals surface area contributed by atoms with Crippen molar-refractivity contribution in [3.05, 3.63) is 17.5 Å². The standard InChI is InChI=1S/C10H20N2O2/c1-4-5-6-7-8-12(14)11-9(2)10(3)13/h7-10,13H,4-6H2,1-3H3/b8-7+,12-11?/t9-,10+/m0/s1. The molecule has 0 spiro atoms. The number of allylic oxidation sites excluding steroid dienone is 1. The molecule has 82 valence electrons. The van der Waals surface area contributed by atoms with Crippen LogP contribution in [0.3, 0.4) is 0 Å². The summed E-state index contributed by atoms with van der Waals surface area (Å²) in [5.74, 6) is 0. The van der Waals surface area contributed by atoms with Gasteiger partial charge in [-0.25, -0.2) is 0 Å². The van der Waals surface area contributed by atoms with Crippen molar-refractivity contribution in [3.63, 3.8) is 0 Å². The Kier molecular flexibility index (Phi) is 7.02. The molecule has 1 N–H and O–H groups in total. The minimum absolute atomic E-state index is 0.358. The van der Waals surface area contributed by atoms with Crippen molar-refractivity contribution in [1.29, 1.82) is 0 Å². The molecule has 2 atom stereocenters. The molecule has 0 aromatic carbocycles. The second kappa shape index (κ2) is 7.50. The zero-order valence-electron chi connectivity index (χ0n) is 9.18. The normalized spacial score (nSPS) is 17.3. The summed E-state index contributed by atoms with van der Waals surface area (Å²) in [7, 11) is 0. The van der Waals surface area contributed by atoms with Crippen molar-refractivity contribution >= 4 is 0 Å². The van der Waals surface area contributed by atoms with E-state index in [1.54, 1.807) is 19.9 Å². The van der Waals surface area contributed by atoms with Gasteiger partial charge in [0.2, 0.25) is 6.20 Å². The van der Waals surface area contributed by atoms with Crippen molar-refractivity contribution in [2.75, 3.05) is 0 Å². The molecule has 0 amide bonds. The first-order valence-corrected chi connectivity index (χ1v) is 5.09. The van der Waals surface area contributed by atoms with E-state index in [4.69, 9.17) is 5.11 Å². The molecule has 0 aliphatic rings. The van der Waals surface area contributed by atoms with Gasteiger partial charge in [0.05, 0.1) is 6.10 Å². The van der Waals surface area contributed by atoms with Gasteiger partial charge in [-0.2, -0.15) is 0 Å². The summed E-state index contributed by atoms with van der Waals surface area (Å²) in [6, 6.07) is -0.358. The summed E-state index contributed by atoms with van der Waals surface area (Å²) >= 11 is 0. The van der Waals surface area contributed by atoms with E-state index in [1.807, 2.05) is 0 Å². The van der Waals surface area contributed by atoms with Gasteiger partial charge in [-0.05, 0) is 37.9 Å². The van der Waals surface area contributed by atoms with Crippen LogP contribution in [0.4, 0.5) is 0 Å². The summed E-state index contributed by atoms with van der Waals surface area (Å²) in [6.45, 7) is 5.42. The SMILES string of the molecule is CCCC/C=C/[N+]([O-])=N[C@@H](C)[C@@H](C)O. The summed E-state index contributed by atoms with van der Waals surface area (Å²) in [5.41, 5.74) is 0. The van der Waals surface area contributed by atoms with Gasteiger partial charge in [0, 0.05) is 0 Å². The Morgan fingerprint density at radius 1 is 1.50 bits per heavy atom. The van der Waals surface area contributed by atoms with Crippen LogP contribution in [0, 0.1) is 5.21 Å². The Morgan fingerprint density at radius 3 is 2.64 bits per heavy atom. The molecule has 0 fully saturated rings. The molecule has 0 unspecified atom stereocenters. The molecule has 0 saturated carbocycles. The zero-order valence-corrected chi connectivity index (χ0v) is 9.18. The average molecular weight is 200 g/mol. The Hall–Kier alpha value is -0.900. The number of aliphatic hydroxyl groups excluding tert-OH is 1. The Bertz CT molecular complexity index is 200. The van der Waals surface area contributed by atoms with E-state index in [0.717, 1.165) is 19.3 Å². The summed E-state index contributed by atoms with van der Waals surface area (Å²) < 4.78 is 0. The van der Waals surface area contributed by atoms with E-state index < -0.39 is 6.10 Å². The fourth-order valence-electron chi connectivity index (χ4n) is 0.801. The molecular formula is C10H20N2O2. The molecule has 0 heterocycles. The number of aliphatic hydroxyl groups is 1. The maximum absolute atomic E-state index is 11.1. The highest BCUT2D eigenvalue weighted by atomic mass is 16.5. The third-order valence-electron chi connectivity index (χ3n) is 1.95. The Morgan fingerprint density at radius 2 is 2.14 bits per heavy atom. The van der Waals surface area contributed by atoms with Crippen molar-refractivity contribution < 1.29 is 9.97 Å². The van der Waals surface area contributed by atoms with Gasteiger partial charge in [-0.3, -0.25) is 0 Å². The van der Waals surface area contributed by atoms with Crippen molar-refractivity contribution in [2.24, 2.45) is 5.11 Å². The fourth-order valence-corrected chi connectivity index (χ4v) is 0.801. The maximum Gasteiger partial charge on any atom is 0.205 e. The van der Waals surface area contributed by atoms with Crippen molar-refractivity contribution in [2.45, 2.75) is 52.2 Å². The first kappa shape index (κ1) is 13.1. The van der Waals surface area contributed by atoms with E-state index in [9.17, 15) is 5.21 Å². The fraction of sp³-hybridized carbons (Fsp3) is 0.800. The lowest BCUT2D eigenvalue weighted by atomic mass is 10.2. The predicted molar refractivity (Wildman–Crippen MR) is 55.9 cm³/mol. The van der Waals surface area contributed by atoms with Gasteiger partial charge in [0.25, 0.3) is 0 Å². The smallest absolute Gasteiger partial charge is 0.205 e. The van der Waals surface area contributed by atoms with Crippen LogP contribution in [0.15, 0.2) is 17.4 Å². The number of rotatable bonds is 6. The van der Waals surface area contributed by atoms with E-state index in [0.29, 0.717) is 4.86 Å². The van der Waals surface area contributed by atoms with Gasteiger partial charge in [-0.15, -0.1) is 0 Å². The first-order chi connectivity index (χ1) is 6.57.